The Balaban J connectivity index is 1.45. The van der Waals surface area contributed by atoms with Crippen LogP contribution in [0.2, 0.25) is 0 Å². The third kappa shape index (κ3) is 5.12. The first-order chi connectivity index (χ1) is 15.3. The average Bonchev–Trinajstić information content (AvgIpc) is 2.81. The number of ether oxygens (including phenoxy) is 1. The molecule has 1 fully saturated rings. The van der Waals surface area contributed by atoms with Crippen LogP contribution in [0.15, 0.2) is 88.7 Å². The van der Waals surface area contributed by atoms with Gasteiger partial charge in [0.1, 0.15) is 11.5 Å². The van der Waals surface area contributed by atoms with Gasteiger partial charge in [0.25, 0.3) is 10.0 Å². The quantitative estimate of drug-likeness (QED) is 0.548. The third-order valence-electron chi connectivity index (χ3n) is 5.17. The summed E-state index contributed by atoms with van der Waals surface area (Å²) in [6.45, 7) is 1.03. The lowest BCUT2D eigenvalue weighted by Crippen LogP contribution is -2.35. The highest BCUT2D eigenvalue weighted by molar-refractivity contribution is 7.92. The molecular weight excluding hydrogens is 448 g/mol. The van der Waals surface area contributed by atoms with Crippen molar-refractivity contribution in [3.05, 3.63) is 78.9 Å². The summed E-state index contributed by atoms with van der Waals surface area (Å²) in [5, 5.41) is 0. The number of para-hydroxylation sites is 1. The summed E-state index contributed by atoms with van der Waals surface area (Å²) in [6, 6.07) is 21.0. The third-order valence-corrected chi connectivity index (χ3v) is 8.48. The van der Waals surface area contributed by atoms with Crippen LogP contribution in [0, 0.1) is 0 Å². The molecule has 3 aromatic rings. The van der Waals surface area contributed by atoms with Crippen molar-refractivity contribution in [2.45, 2.75) is 29.1 Å². The van der Waals surface area contributed by atoms with Crippen LogP contribution in [-0.2, 0) is 20.0 Å². The molecule has 1 saturated heterocycles. The molecule has 3 aromatic carbocycles. The topological polar surface area (TPSA) is 92.8 Å². The summed E-state index contributed by atoms with van der Waals surface area (Å²) in [7, 11) is -7.40. The second-order valence-corrected chi connectivity index (χ2v) is 11.1. The molecule has 0 spiro atoms. The molecular formula is C23H24N2O5S2. The van der Waals surface area contributed by atoms with Crippen LogP contribution in [0.1, 0.15) is 19.3 Å². The number of nitrogens with one attached hydrogen (secondary N) is 1. The Morgan fingerprint density at radius 2 is 1.22 bits per heavy atom. The normalized spacial score (nSPS) is 15.2. The maximum absolute atomic E-state index is 12.7. The highest BCUT2D eigenvalue weighted by atomic mass is 32.2. The van der Waals surface area contributed by atoms with E-state index in [1.807, 2.05) is 18.2 Å². The van der Waals surface area contributed by atoms with Crippen molar-refractivity contribution in [2.75, 3.05) is 17.8 Å². The lowest BCUT2D eigenvalue weighted by atomic mass is 10.2. The van der Waals surface area contributed by atoms with Crippen molar-refractivity contribution in [1.29, 1.82) is 0 Å². The van der Waals surface area contributed by atoms with Gasteiger partial charge < -0.3 is 4.74 Å². The zero-order valence-corrected chi connectivity index (χ0v) is 19.0. The lowest BCUT2D eigenvalue weighted by Gasteiger charge is -2.25. The van der Waals surface area contributed by atoms with Gasteiger partial charge in [-0.05, 0) is 73.5 Å². The molecule has 0 amide bonds. The van der Waals surface area contributed by atoms with Gasteiger partial charge in [-0.15, -0.1) is 0 Å². The molecule has 7 nitrogen and oxygen atoms in total. The second kappa shape index (κ2) is 9.32. The molecule has 0 aromatic heterocycles. The number of hydrogen-bond donors (Lipinski definition) is 1. The first kappa shape index (κ1) is 22.3. The van der Waals surface area contributed by atoms with Crippen molar-refractivity contribution in [2.24, 2.45) is 0 Å². The predicted octanol–water partition coefficient (Wildman–Crippen LogP) is 4.45. The van der Waals surface area contributed by atoms with Gasteiger partial charge >= 0.3 is 0 Å². The van der Waals surface area contributed by atoms with Crippen molar-refractivity contribution in [1.82, 2.24) is 4.31 Å². The number of sulfonamides is 2. The van der Waals surface area contributed by atoms with E-state index in [1.54, 1.807) is 24.3 Å². The van der Waals surface area contributed by atoms with Gasteiger partial charge in [0, 0.05) is 18.8 Å². The molecule has 9 heteroatoms. The molecule has 1 aliphatic heterocycles. The molecule has 1 heterocycles. The summed E-state index contributed by atoms with van der Waals surface area (Å²) >= 11 is 0. The van der Waals surface area contributed by atoms with Crippen LogP contribution < -0.4 is 9.46 Å². The Kier molecular flexibility index (Phi) is 6.50. The number of nitrogens with zero attached hydrogens (tertiary/aromatic N) is 1. The van der Waals surface area contributed by atoms with Gasteiger partial charge in [0.15, 0.2) is 0 Å². The lowest BCUT2D eigenvalue weighted by molar-refractivity contribution is 0.346. The maximum Gasteiger partial charge on any atom is 0.261 e. The first-order valence-corrected chi connectivity index (χ1v) is 13.2. The van der Waals surface area contributed by atoms with E-state index < -0.39 is 20.0 Å². The van der Waals surface area contributed by atoms with Gasteiger partial charge in [-0.2, -0.15) is 4.31 Å². The van der Waals surface area contributed by atoms with Gasteiger partial charge in [0.2, 0.25) is 10.0 Å². The van der Waals surface area contributed by atoms with Crippen LogP contribution in [0.3, 0.4) is 0 Å². The minimum atomic E-state index is -3.84. The molecule has 4 rings (SSSR count). The van der Waals surface area contributed by atoms with Crippen LogP contribution in [0.25, 0.3) is 0 Å². The van der Waals surface area contributed by atoms with Gasteiger partial charge in [-0.1, -0.05) is 24.6 Å². The van der Waals surface area contributed by atoms with Crippen molar-refractivity contribution in [3.63, 3.8) is 0 Å². The molecule has 32 heavy (non-hydrogen) atoms. The number of anilines is 1. The number of hydrogen-bond acceptors (Lipinski definition) is 5. The van der Waals surface area contributed by atoms with E-state index in [4.69, 9.17) is 4.74 Å². The molecule has 0 atom stereocenters. The van der Waals surface area contributed by atoms with Gasteiger partial charge in [-0.25, -0.2) is 16.8 Å². The van der Waals surface area contributed by atoms with Gasteiger partial charge in [-0.3, -0.25) is 4.72 Å². The van der Waals surface area contributed by atoms with E-state index in [0.717, 1.165) is 19.3 Å². The standard InChI is InChI=1S/C23H24N2O5S2/c26-31(27,22-15-11-21(12-16-22)30-20-7-3-1-4-8-20)24-19-9-13-23(14-10-19)32(28,29)25-17-5-2-6-18-25/h1,3-4,7-16,24H,2,5-6,17-18H2. The number of piperidine rings is 1. The van der Waals surface area contributed by atoms with E-state index in [0.29, 0.717) is 24.6 Å². The molecule has 0 unspecified atom stereocenters. The molecule has 0 radical (unpaired) electrons. The summed E-state index contributed by atoms with van der Waals surface area (Å²) in [6.07, 6.45) is 2.74. The summed E-state index contributed by atoms with van der Waals surface area (Å²) in [4.78, 5) is 0.229. The van der Waals surface area contributed by atoms with Crippen molar-refractivity contribution >= 4 is 25.7 Å². The van der Waals surface area contributed by atoms with E-state index >= 15 is 0 Å². The molecule has 0 aliphatic carbocycles. The Labute approximate surface area is 188 Å². The van der Waals surface area contributed by atoms with E-state index in [2.05, 4.69) is 4.72 Å². The molecule has 0 saturated carbocycles. The van der Waals surface area contributed by atoms with Crippen molar-refractivity contribution < 1.29 is 21.6 Å². The zero-order valence-electron chi connectivity index (χ0n) is 17.3. The Morgan fingerprint density at radius 1 is 0.656 bits per heavy atom. The van der Waals surface area contributed by atoms with Gasteiger partial charge in [0.05, 0.1) is 9.79 Å². The average molecular weight is 473 g/mol. The minimum Gasteiger partial charge on any atom is -0.457 e. The summed E-state index contributed by atoms with van der Waals surface area (Å²) < 4.78 is 60.6. The number of benzene rings is 3. The zero-order chi connectivity index (χ0) is 22.6. The minimum absolute atomic E-state index is 0.0722. The maximum atomic E-state index is 12.7. The second-order valence-electron chi connectivity index (χ2n) is 7.48. The molecule has 168 valence electrons. The Hall–Kier alpha value is -2.88. The largest absolute Gasteiger partial charge is 0.457 e. The first-order valence-electron chi connectivity index (χ1n) is 10.3. The van der Waals surface area contributed by atoms with Crippen LogP contribution in [0.5, 0.6) is 11.5 Å². The molecule has 1 aliphatic rings. The molecule has 0 bridgehead atoms. The fourth-order valence-corrected chi connectivity index (χ4v) is 6.05. The monoisotopic (exact) mass is 472 g/mol. The summed E-state index contributed by atoms with van der Waals surface area (Å²) in [5.41, 5.74) is 0.284. The fraction of sp³-hybridized carbons (Fsp3) is 0.217. The highest BCUT2D eigenvalue weighted by Gasteiger charge is 2.26. The summed E-state index contributed by atoms with van der Waals surface area (Å²) in [5.74, 6) is 1.17. The number of rotatable bonds is 7. The van der Waals surface area contributed by atoms with Crippen LogP contribution in [0.4, 0.5) is 5.69 Å². The van der Waals surface area contributed by atoms with E-state index in [9.17, 15) is 16.8 Å². The van der Waals surface area contributed by atoms with E-state index in [-0.39, 0.29) is 15.5 Å². The highest BCUT2D eigenvalue weighted by Crippen LogP contribution is 2.25. The SMILES string of the molecule is O=S(=O)(Nc1ccc(S(=O)(=O)N2CCCCC2)cc1)c1ccc(Oc2ccccc2)cc1. The fourth-order valence-electron chi connectivity index (χ4n) is 3.47. The van der Waals surface area contributed by atoms with Crippen LogP contribution in [-0.4, -0.2) is 34.2 Å². The Bertz CT molecular complexity index is 1250. The smallest absolute Gasteiger partial charge is 0.261 e. The predicted molar refractivity (Wildman–Crippen MR) is 123 cm³/mol. The van der Waals surface area contributed by atoms with Crippen molar-refractivity contribution in [3.8, 4) is 11.5 Å². The Morgan fingerprint density at radius 3 is 1.84 bits per heavy atom. The molecule has 1 N–H and O–H groups in total. The van der Waals surface area contributed by atoms with Crippen LogP contribution >= 0.6 is 0 Å². The van der Waals surface area contributed by atoms with E-state index in [1.165, 1.54) is 40.7 Å².